The van der Waals surface area contributed by atoms with Crippen LogP contribution < -0.4 is 4.74 Å². The van der Waals surface area contributed by atoms with Crippen molar-refractivity contribution in [3.05, 3.63) is 53.0 Å². The van der Waals surface area contributed by atoms with Gasteiger partial charge in [-0.15, -0.1) is 0 Å². The number of furan rings is 1. The van der Waals surface area contributed by atoms with Gasteiger partial charge in [-0.1, -0.05) is 6.07 Å². The van der Waals surface area contributed by atoms with Crippen LogP contribution in [0, 0.1) is 6.92 Å². The third-order valence-corrected chi connectivity index (χ3v) is 5.12. The van der Waals surface area contributed by atoms with E-state index in [2.05, 4.69) is 12.1 Å². The Morgan fingerprint density at radius 2 is 2.04 bits per heavy atom. The molecule has 4 nitrogen and oxygen atoms in total. The minimum Gasteiger partial charge on any atom is -0.481 e. The van der Waals surface area contributed by atoms with E-state index in [1.807, 2.05) is 36.9 Å². The second-order valence-corrected chi connectivity index (χ2v) is 7.25. The predicted molar refractivity (Wildman–Crippen MR) is 95.6 cm³/mol. The molecule has 0 bridgehead atoms. The van der Waals surface area contributed by atoms with Gasteiger partial charge in [-0.3, -0.25) is 4.79 Å². The number of fused-ring (bicyclic) bond motifs is 1. The van der Waals surface area contributed by atoms with Gasteiger partial charge in [0, 0.05) is 6.04 Å². The largest absolute Gasteiger partial charge is 0.481 e. The summed E-state index contributed by atoms with van der Waals surface area (Å²) in [5.41, 5.74) is 2.78. The van der Waals surface area contributed by atoms with Crippen LogP contribution in [0.2, 0.25) is 0 Å². The summed E-state index contributed by atoms with van der Waals surface area (Å²) in [7, 11) is 0. The van der Waals surface area contributed by atoms with Crippen molar-refractivity contribution < 1.29 is 13.9 Å². The SMILES string of the molecule is Cc1ccc(CN(C(=O)C(C)Oc2ccc3c(c2)CCC3)C2CC2)o1. The number of carbonyl (C=O) groups excluding carboxylic acids is 1. The van der Waals surface area contributed by atoms with E-state index in [1.54, 1.807) is 0 Å². The van der Waals surface area contributed by atoms with Crippen molar-refractivity contribution in [2.45, 2.75) is 64.6 Å². The molecule has 2 aliphatic carbocycles. The van der Waals surface area contributed by atoms with Gasteiger partial charge in [0.1, 0.15) is 17.3 Å². The molecule has 4 heteroatoms. The zero-order chi connectivity index (χ0) is 17.4. The van der Waals surface area contributed by atoms with E-state index in [0.29, 0.717) is 12.6 Å². The molecule has 2 aliphatic rings. The number of ether oxygens (including phenoxy) is 1. The molecule has 0 radical (unpaired) electrons. The average molecular weight is 339 g/mol. The number of nitrogens with zero attached hydrogens (tertiary/aromatic N) is 1. The van der Waals surface area contributed by atoms with Gasteiger partial charge < -0.3 is 14.1 Å². The summed E-state index contributed by atoms with van der Waals surface area (Å²) in [4.78, 5) is 14.8. The number of benzene rings is 1. The molecule has 2 aromatic rings. The summed E-state index contributed by atoms with van der Waals surface area (Å²) in [5, 5.41) is 0. The van der Waals surface area contributed by atoms with E-state index in [-0.39, 0.29) is 5.91 Å². The van der Waals surface area contributed by atoms with Crippen molar-refractivity contribution in [2.75, 3.05) is 0 Å². The Labute approximate surface area is 148 Å². The monoisotopic (exact) mass is 339 g/mol. The number of hydrogen-bond donors (Lipinski definition) is 0. The topological polar surface area (TPSA) is 42.7 Å². The normalized spacial score (nSPS) is 17.2. The van der Waals surface area contributed by atoms with Gasteiger partial charge in [0.15, 0.2) is 6.10 Å². The van der Waals surface area contributed by atoms with Gasteiger partial charge in [0.25, 0.3) is 5.91 Å². The minimum atomic E-state index is -0.490. The maximum atomic E-state index is 12.9. The van der Waals surface area contributed by atoms with Crippen molar-refractivity contribution in [3.63, 3.8) is 0 Å². The van der Waals surface area contributed by atoms with Gasteiger partial charge in [0.2, 0.25) is 0 Å². The maximum Gasteiger partial charge on any atom is 0.264 e. The van der Waals surface area contributed by atoms with Crippen LogP contribution in [0.15, 0.2) is 34.7 Å². The van der Waals surface area contributed by atoms with E-state index in [1.165, 1.54) is 17.5 Å². The lowest BCUT2D eigenvalue weighted by Crippen LogP contribution is -2.41. The molecular formula is C21H25NO3. The van der Waals surface area contributed by atoms with Crippen LogP contribution in [-0.2, 0) is 24.2 Å². The first-order valence-corrected chi connectivity index (χ1v) is 9.24. The first kappa shape index (κ1) is 16.2. The Bertz CT molecular complexity index is 775. The van der Waals surface area contributed by atoms with Crippen LogP contribution in [0.5, 0.6) is 5.75 Å². The van der Waals surface area contributed by atoms with Crippen molar-refractivity contribution in [2.24, 2.45) is 0 Å². The lowest BCUT2D eigenvalue weighted by atomic mass is 10.1. The highest BCUT2D eigenvalue weighted by Crippen LogP contribution is 2.31. The number of carbonyl (C=O) groups is 1. The smallest absolute Gasteiger partial charge is 0.264 e. The molecule has 1 aromatic carbocycles. The molecule has 132 valence electrons. The van der Waals surface area contributed by atoms with Crippen LogP contribution >= 0.6 is 0 Å². The predicted octanol–water partition coefficient (Wildman–Crippen LogP) is 4.04. The minimum absolute atomic E-state index is 0.0389. The Hall–Kier alpha value is -2.23. The zero-order valence-corrected chi connectivity index (χ0v) is 15.0. The summed E-state index contributed by atoms with van der Waals surface area (Å²) in [5.74, 6) is 2.55. The summed E-state index contributed by atoms with van der Waals surface area (Å²) in [6.45, 7) is 4.29. The van der Waals surface area contributed by atoms with Crippen LogP contribution in [-0.4, -0.2) is 23.0 Å². The van der Waals surface area contributed by atoms with Gasteiger partial charge >= 0.3 is 0 Å². The Morgan fingerprint density at radius 1 is 1.24 bits per heavy atom. The van der Waals surface area contributed by atoms with E-state index in [9.17, 15) is 4.79 Å². The second-order valence-electron chi connectivity index (χ2n) is 7.25. The van der Waals surface area contributed by atoms with Crippen LogP contribution in [0.1, 0.15) is 48.8 Å². The Morgan fingerprint density at radius 3 is 2.76 bits per heavy atom. The summed E-state index contributed by atoms with van der Waals surface area (Å²) in [6.07, 6.45) is 5.12. The van der Waals surface area contributed by atoms with Crippen LogP contribution in [0.25, 0.3) is 0 Å². The molecule has 1 aromatic heterocycles. The van der Waals surface area contributed by atoms with E-state index in [4.69, 9.17) is 9.15 Å². The van der Waals surface area contributed by atoms with Crippen LogP contribution in [0.4, 0.5) is 0 Å². The van der Waals surface area contributed by atoms with Gasteiger partial charge in [0.05, 0.1) is 6.54 Å². The van der Waals surface area contributed by atoms with Crippen molar-refractivity contribution in [1.82, 2.24) is 4.90 Å². The molecule has 0 spiro atoms. The Kier molecular flexibility index (Phi) is 4.28. The summed E-state index contributed by atoms with van der Waals surface area (Å²) >= 11 is 0. The van der Waals surface area contributed by atoms with Crippen molar-refractivity contribution in [3.8, 4) is 5.75 Å². The third kappa shape index (κ3) is 3.58. The molecule has 1 saturated carbocycles. The molecule has 1 amide bonds. The quantitative estimate of drug-likeness (QED) is 0.798. The standard InChI is InChI=1S/C21H25NO3/c1-14-6-10-20(24-14)13-22(18-8-9-18)21(23)15(2)25-19-11-7-16-4-3-5-17(16)12-19/h6-7,10-12,15,18H,3-5,8-9,13H2,1-2H3. The fraction of sp³-hybridized carbons (Fsp3) is 0.476. The average Bonchev–Trinajstić information content (AvgIpc) is 3.19. The van der Waals surface area contributed by atoms with Crippen LogP contribution in [0.3, 0.4) is 0 Å². The number of rotatable bonds is 6. The Balaban J connectivity index is 1.44. The van der Waals surface area contributed by atoms with Gasteiger partial charge in [-0.25, -0.2) is 0 Å². The molecular weight excluding hydrogens is 314 g/mol. The van der Waals surface area contributed by atoms with Crippen molar-refractivity contribution in [1.29, 1.82) is 0 Å². The maximum absolute atomic E-state index is 12.9. The summed E-state index contributed by atoms with van der Waals surface area (Å²) < 4.78 is 11.6. The molecule has 25 heavy (non-hydrogen) atoms. The van der Waals surface area contributed by atoms with Gasteiger partial charge in [-0.2, -0.15) is 0 Å². The number of amides is 1. The first-order chi connectivity index (χ1) is 12.1. The lowest BCUT2D eigenvalue weighted by molar-refractivity contribution is -0.139. The lowest BCUT2D eigenvalue weighted by Gasteiger charge is -2.25. The molecule has 0 saturated heterocycles. The highest BCUT2D eigenvalue weighted by atomic mass is 16.5. The fourth-order valence-electron chi connectivity index (χ4n) is 3.62. The number of aryl methyl sites for hydroxylation is 3. The highest BCUT2D eigenvalue weighted by Gasteiger charge is 2.36. The van der Waals surface area contributed by atoms with E-state index in [0.717, 1.165) is 43.0 Å². The fourth-order valence-corrected chi connectivity index (χ4v) is 3.62. The third-order valence-electron chi connectivity index (χ3n) is 5.12. The van der Waals surface area contributed by atoms with E-state index >= 15 is 0 Å². The molecule has 1 atom stereocenters. The molecule has 0 N–H and O–H groups in total. The zero-order valence-electron chi connectivity index (χ0n) is 15.0. The molecule has 4 rings (SSSR count). The first-order valence-electron chi connectivity index (χ1n) is 9.24. The number of hydrogen-bond acceptors (Lipinski definition) is 3. The summed E-state index contributed by atoms with van der Waals surface area (Å²) in [6, 6.07) is 10.4. The molecule has 1 unspecified atom stereocenters. The van der Waals surface area contributed by atoms with Gasteiger partial charge in [-0.05, 0) is 81.3 Å². The van der Waals surface area contributed by atoms with Crippen molar-refractivity contribution >= 4 is 5.91 Å². The molecule has 0 aliphatic heterocycles. The highest BCUT2D eigenvalue weighted by molar-refractivity contribution is 5.81. The van der Waals surface area contributed by atoms with E-state index < -0.39 is 6.10 Å². The second kappa shape index (κ2) is 6.58. The molecule has 1 heterocycles. The molecule has 1 fully saturated rings.